The van der Waals surface area contributed by atoms with Gasteiger partial charge in [-0.05, 0) is 28.9 Å². The summed E-state index contributed by atoms with van der Waals surface area (Å²) in [5.74, 6) is -1.07. The van der Waals surface area contributed by atoms with Gasteiger partial charge >= 0.3 is 6.18 Å². The minimum Gasteiger partial charge on any atom is -0.479 e. The maximum absolute atomic E-state index is 13.0. The van der Waals surface area contributed by atoms with E-state index in [0.717, 1.165) is 19.1 Å². The number of benzene rings is 1. The van der Waals surface area contributed by atoms with Crippen molar-refractivity contribution in [3.8, 4) is 5.75 Å². The molecule has 0 saturated heterocycles. The minimum absolute atomic E-state index is 0.0654. The molecule has 16 heavy (non-hydrogen) atoms. The average Bonchev–Trinajstić information content (AvgIpc) is 2.12. The van der Waals surface area contributed by atoms with Gasteiger partial charge in [0.1, 0.15) is 11.6 Å². The Labute approximate surface area is 97.5 Å². The van der Waals surface area contributed by atoms with E-state index in [1.807, 2.05) is 0 Å². The molecule has 0 amide bonds. The first-order valence-electron chi connectivity index (χ1n) is 4.19. The van der Waals surface area contributed by atoms with Gasteiger partial charge in [0, 0.05) is 6.07 Å². The van der Waals surface area contributed by atoms with E-state index in [-0.39, 0.29) is 15.9 Å². The molecule has 0 radical (unpaired) electrons. The number of nitrogen functional groups attached to an aromatic ring is 1. The molecule has 2 N–H and O–H groups in total. The fraction of sp³-hybridized carbons (Fsp3) is 0.333. The van der Waals surface area contributed by atoms with Gasteiger partial charge in [0.05, 0.1) is 10.2 Å². The third kappa shape index (κ3) is 3.01. The van der Waals surface area contributed by atoms with E-state index in [1.54, 1.807) is 0 Å². The summed E-state index contributed by atoms with van der Waals surface area (Å²) in [6.07, 6.45) is -6.56. The molecule has 0 saturated carbocycles. The summed E-state index contributed by atoms with van der Waals surface area (Å²) < 4.78 is 54.2. The highest BCUT2D eigenvalue weighted by molar-refractivity contribution is 9.10. The molecule has 0 spiro atoms. The topological polar surface area (TPSA) is 35.2 Å². The molecule has 1 rings (SSSR count). The maximum Gasteiger partial charge on any atom is 0.425 e. The Bertz CT molecular complexity index is 394. The molecule has 0 heterocycles. The van der Waals surface area contributed by atoms with Crippen molar-refractivity contribution in [1.29, 1.82) is 0 Å². The number of ether oxygens (including phenoxy) is 1. The van der Waals surface area contributed by atoms with E-state index >= 15 is 0 Å². The van der Waals surface area contributed by atoms with Crippen molar-refractivity contribution in [1.82, 2.24) is 0 Å². The first kappa shape index (κ1) is 13.1. The molecule has 0 bridgehead atoms. The summed E-state index contributed by atoms with van der Waals surface area (Å²) in [7, 11) is 0. The lowest BCUT2D eigenvalue weighted by atomic mass is 10.3. The van der Waals surface area contributed by atoms with Crippen LogP contribution in [0.25, 0.3) is 0 Å². The molecular formula is C9H8BrF4NO. The minimum atomic E-state index is -4.52. The molecule has 0 aromatic heterocycles. The lowest BCUT2D eigenvalue weighted by Crippen LogP contribution is -2.31. The first-order chi connectivity index (χ1) is 7.21. The summed E-state index contributed by atoms with van der Waals surface area (Å²) in [5, 5.41) is 0. The summed E-state index contributed by atoms with van der Waals surface area (Å²) in [6.45, 7) is 0.819. The van der Waals surface area contributed by atoms with Crippen molar-refractivity contribution >= 4 is 21.6 Å². The number of hydrogen-bond acceptors (Lipinski definition) is 2. The Morgan fingerprint density at radius 1 is 1.38 bits per heavy atom. The number of rotatable bonds is 2. The van der Waals surface area contributed by atoms with Gasteiger partial charge in [-0.2, -0.15) is 13.2 Å². The van der Waals surface area contributed by atoms with Crippen LogP contribution < -0.4 is 10.5 Å². The lowest BCUT2D eigenvalue weighted by Gasteiger charge is -2.18. The van der Waals surface area contributed by atoms with E-state index in [9.17, 15) is 17.6 Å². The van der Waals surface area contributed by atoms with Gasteiger partial charge in [0.2, 0.25) is 0 Å². The van der Waals surface area contributed by atoms with E-state index in [0.29, 0.717) is 0 Å². The zero-order chi connectivity index (χ0) is 12.5. The van der Waals surface area contributed by atoms with Crippen molar-refractivity contribution < 1.29 is 22.3 Å². The highest BCUT2D eigenvalue weighted by Crippen LogP contribution is 2.32. The highest BCUT2D eigenvalue weighted by atomic mass is 79.9. The molecule has 0 aliphatic carbocycles. The summed E-state index contributed by atoms with van der Waals surface area (Å²) >= 11 is 2.85. The Kier molecular flexibility index (Phi) is 3.67. The van der Waals surface area contributed by atoms with Crippen LogP contribution in [0.4, 0.5) is 23.2 Å². The molecule has 0 fully saturated rings. The van der Waals surface area contributed by atoms with Gasteiger partial charge in [0.25, 0.3) is 0 Å². The molecule has 7 heteroatoms. The number of halogens is 5. The molecular weight excluding hydrogens is 294 g/mol. The first-order valence-corrected chi connectivity index (χ1v) is 4.99. The molecule has 1 aromatic carbocycles. The zero-order valence-electron chi connectivity index (χ0n) is 8.11. The van der Waals surface area contributed by atoms with Crippen molar-refractivity contribution in [3.05, 3.63) is 22.4 Å². The molecule has 0 aliphatic rings. The van der Waals surface area contributed by atoms with Crippen LogP contribution in [0.3, 0.4) is 0 Å². The van der Waals surface area contributed by atoms with Gasteiger partial charge in [-0.1, -0.05) is 0 Å². The van der Waals surface area contributed by atoms with Gasteiger partial charge in [-0.25, -0.2) is 4.39 Å². The number of nitrogens with two attached hydrogens (primary N) is 1. The van der Waals surface area contributed by atoms with Gasteiger partial charge < -0.3 is 10.5 Å². The second kappa shape index (κ2) is 4.48. The van der Waals surface area contributed by atoms with Crippen molar-refractivity contribution in [2.24, 2.45) is 0 Å². The highest BCUT2D eigenvalue weighted by Gasteiger charge is 2.38. The van der Waals surface area contributed by atoms with E-state index in [1.165, 1.54) is 0 Å². The SMILES string of the molecule is CC(Oc1cc(F)c(Br)cc1N)C(F)(F)F. The van der Waals surface area contributed by atoms with Crippen molar-refractivity contribution in [2.45, 2.75) is 19.2 Å². The Morgan fingerprint density at radius 3 is 2.44 bits per heavy atom. The second-order valence-electron chi connectivity index (χ2n) is 3.11. The fourth-order valence-corrected chi connectivity index (χ4v) is 1.26. The van der Waals surface area contributed by atoms with Crippen molar-refractivity contribution in [2.75, 3.05) is 5.73 Å². The monoisotopic (exact) mass is 301 g/mol. The van der Waals surface area contributed by atoms with Crippen LogP contribution in [0.15, 0.2) is 16.6 Å². The quantitative estimate of drug-likeness (QED) is 0.670. The Balaban J connectivity index is 2.94. The molecule has 90 valence electrons. The van der Waals surface area contributed by atoms with Crippen LogP contribution in [0.2, 0.25) is 0 Å². The molecule has 1 atom stereocenters. The standard InChI is InChI=1S/C9H8BrF4NO/c1-4(9(12,13)14)16-8-3-6(11)5(10)2-7(8)15/h2-4H,15H2,1H3. The predicted octanol–water partition coefficient (Wildman–Crippen LogP) is 3.50. The molecule has 2 nitrogen and oxygen atoms in total. The molecule has 1 aromatic rings. The van der Waals surface area contributed by atoms with Crippen molar-refractivity contribution in [3.63, 3.8) is 0 Å². The number of anilines is 1. The number of hydrogen-bond donors (Lipinski definition) is 1. The van der Waals surface area contributed by atoms with E-state index < -0.39 is 18.1 Å². The van der Waals surface area contributed by atoms with Gasteiger partial charge in [-0.15, -0.1) is 0 Å². The lowest BCUT2D eigenvalue weighted by molar-refractivity contribution is -0.189. The summed E-state index contributed by atoms with van der Waals surface area (Å²) in [5.41, 5.74) is 5.33. The van der Waals surface area contributed by atoms with Crippen LogP contribution >= 0.6 is 15.9 Å². The summed E-state index contributed by atoms with van der Waals surface area (Å²) in [6, 6.07) is 1.95. The summed E-state index contributed by atoms with van der Waals surface area (Å²) in [4.78, 5) is 0. The van der Waals surface area contributed by atoms with Gasteiger partial charge in [0.15, 0.2) is 6.10 Å². The average molecular weight is 302 g/mol. The van der Waals surface area contributed by atoms with Crippen LogP contribution in [0.5, 0.6) is 5.75 Å². The zero-order valence-corrected chi connectivity index (χ0v) is 9.69. The second-order valence-corrected chi connectivity index (χ2v) is 3.96. The third-order valence-electron chi connectivity index (χ3n) is 1.82. The maximum atomic E-state index is 13.0. The molecule has 1 unspecified atom stereocenters. The van der Waals surface area contributed by atoms with E-state index in [2.05, 4.69) is 20.7 Å². The van der Waals surface area contributed by atoms with Crippen LogP contribution in [0.1, 0.15) is 6.92 Å². The van der Waals surface area contributed by atoms with Crippen LogP contribution in [-0.2, 0) is 0 Å². The fourth-order valence-electron chi connectivity index (χ4n) is 0.903. The van der Waals surface area contributed by atoms with Crippen LogP contribution in [-0.4, -0.2) is 12.3 Å². The normalized spacial score (nSPS) is 13.6. The van der Waals surface area contributed by atoms with Gasteiger partial charge in [-0.3, -0.25) is 0 Å². The van der Waals surface area contributed by atoms with E-state index in [4.69, 9.17) is 5.73 Å². The smallest absolute Gasteiger partial charge is 0.425 e. The molecule has 0 aliphatic heterocycles. The third-order valence-corrected chi connectivity index (χ3v) is 2.43. The van der Waals surface area contributed by atoms with Crippen LogP contribution in [0, 0.1) is 5.82 Å². The Morgan fingerprint density at radius 2 is 1.94 bits per heavy atom. The number of alkyl halides is 3. The largest absolute Gasteiger partial charge is 0.479 e. The predicted molar refractivity (Wildman–Crippen MR) is 54.7 cm³/mol. The Hall–Kier alpha value is -0.980.